The van der Waals surface area contributed by atoms with Gasteiger partial charge in [0.05, 0.1) is 0 Å². The Bertz CT molecular complexity index is 531. The Morgan fingerprint density at radius 1 is 1.00 bits per heavy atom. The van der Waals surface area contributed by atoms with Crippen LogP contribution in [0.4, 0.5) is 0 Å². The Labute approximate surface area is 125 Å². The van der Waals surface area contributed by atoms with Crippen LogP contribution in [0.15, 0.2) is 59.5 Å². The monoisotopic (exact) mass is 284 g/mol. The highest BCUT2D eigenvalue weighted by atomic mass is 32.2. The van der Waals surface area contributed by atoms with Crippen LogP contribution >= 0.6 is 11.8 Å². The van der Waals surface area contributed by atoms with Crippen molar-refractivity contribution in [1.82, 2.24) is 0 Å². The molecule has 0 saturated carbocycles. The van der Waals surface area contributed by atoms with Gasteiger partial charge in [-0.3, -0.25) is 4.79 Å². The number of ketones is 1. The van der Waals surface area contributed by atoms with E-state index in [1.807, 2.05) is 30.8 Å². The molecule has 2 aromatic carbocycles. The van der Waals surface area contributed by atoms with E-state index in [1.165, 1.54) is 16.9 Å². The summed E-state index contributed by atoms with van der Waals surface area (Å²) in [5.41, 5.74) is 2.22. The van der Waals surface area contributed by atoms with Crippen molar-refractivity contribution < 1.29 is 4.79 Å². The minimum atomic E-state index is 0.214. The zero-order valence-electron chi connectivity index (χ0n) is 11.8. The van der Waals surface area contributed by atoms with Crippen molar-refractivity contribution in [3.63, 3.8) is 0 Å². The highest BCUT2D eigenvalue weighted by Crippen LogP contribution is 2.20. The third-order valence-corrected chi connectivity index (χ3v) is 4.32. The van der Waals surface area contributed by atoms with Crippen molar-refractivity contribution in [3.8, 4) is 0 Å². The Hall–Kier alpha value is -1.54. The molecule has 104 valence electrons. The second kappa shape index (κ2) is 7.91. The molecule has 2 rings (SSSR count). The number of carbonyl (C=O) groups is 1. The molecule has 0 N–H and O–H groups in total. The quantitative estimate of drug-likeness (QED) is 0.404. The average molecular weight is 284 g/mol. The molecule has 0 atom stereocenters. The number of hydrogen-bond acceptors (Lipinski definition) is 2. The third-order valence-electron chi connectivity index (χ3n) is 3.22. The zero-order chi connectivity index (χ0) is 14.2. The Morgan fingerprint density at radius 2 is 1.70 bits per heavy atom. The van der Waals surface area contributed by atoms with Gasteiger partial charge in [-0.05, 0) is 36.3 Å². The molecule has 0 heterocycles. The molecule has 0 unspecified atom stereocenters. The molecule has 0 bridgehead atoms. The van der Waals surface area contributed by atoms with E-state index in [9.17, 15) is 4.79 Å². The third kappa shape index (κ3) is 4.53. The standard InChI is InChI=1S/C18H20OS/c1-2-18(19)16-10-12-17(13-11-16)20-14-6-9-15-7-4-3-5-8-15/h3-5,7-8,10-13H,2,6,9,14H2,1H3. The molecule has 2 heteroatoms. The first-order valence-corrected chi connectivity index (χ1v) is 8.08. The van der Waals surface area contributed by atoms with Crippen LogP contribution in [0.1, 0.15) is 35.7 Å². The normalized spacial score (nSPS) is 10.4. The van der Waals surface area contributed by atoms with Crippen LogP contribution in [0.25, 0.3) is 0 Å². The molecule has 0 saturated heterocycles. The summed E-state index contributed by atoms with van der Waals surface area (Å²) in [5.74, 6) is 1.32. The molecule has 0 spiro atoms. The smallest absolute Gasteiger partial charge is 0.162 e. The summed E-state index contributed by atoms with van der Waals surface area (Å²) in [6, 6.07) is 18.6. The second-order valence-corrected chi connectivity index (χ2v) is 5.91. The molecule has 1 nitrogen and oxygen atoms in total. The number of thioether (sulfide) groups is 1. The Morgan fingerprint density at radius 3 is 2.35 bits per heavy atom. The van der Waals surface area contributed by atoms with E-state index in [0.717, 1.165) is 17.7 Å². The largest absolute Gasteiger partial charge is 0.294 e. The lowest BCUT2D eigenvalue weighted by Crippen LogP contribution is -1.95. The van der Waals surface area contributed by atoms with Gasteiger partial charge in [0, 0.05) is 16.9 Å². The summed E-state index contributed by atoms with van der Waals surface area (Å²) in [6.07, 6.45) is 2.87. The average Bonchev–Trinajstić information content (AvgIpc) is 2.52. The lowest BCUT2D eigenvalue weighted by molar-refractivity contribution is 0.0988. The zero-order valence-corrected chi connectivity index (χ0v) is 12.7. The Balaban J connectivity index is 1.75. The summed E-state index contributed by atoms with van der Waals surface area (Å²) in [7, 11) is 0. The van der Waals surface area contributed by atoms with Crippen molar-refractivity contribution in [2.75, 3.05) is 5.75 Å². The van der Waals surface area contributed by atoms with Gasteiger partial charge in [0.1, 0.15) is 0 Å². The van der Waals surface area contributed by atoms with Gasteiger partial charge in [0.2, 0.25) is 0 Å². The minimum absolute atomic E-state index is 0.214. The van der Waals surface area contributed by atoms with Crippen molar-refractivity contribution in [1.29, 1.82) is 0 Å². The Kier molecular flexibility index (Phi) is 5.87. The number of hydrogen-bond donors (Lipinski definition) is 0. The highest BCUT2D eigenvalue weighted by molar-refractivity contribution is 7.99. The SMILES string of the molecule is CCC(=O)c1ccc(SCCCc2ccccc2)cc1. The van der Waals surface area contributed by atoms with Crippen LogP contribution in [0, 0.1) is 0 Å². The predicted molar refractivity (Wildman–Crippen MR) is 86.6 cm³/mol. The van der Waals surface area contributed by atoms with E-state index in [4.69, 9.17) is 0 Å². The van der Waals surface area contributed by atoms with Crippen LogP contribution in [0.5, 0.6) is 0 Å². The van der Waals surface area contributed by atoms with Gasteiger partial charge < -0.3 is 0 Å². The van der Waals surface area contributed by atoms with Crippen molar-refractivity contribution >= 4 is 17.5 Å². The van der Waals surface area contributed by atoms with E-state index in [-0.39, 0.29) is 5.78 Å². The fourth-order valence-corrected chi connectivity index (χ4v) is 2.91. The minimum Gasteiger partial charge on any atom is -0.294 e. The number of Topliss-reactive ketones (excluding diaryl/α,β-unsaturated/α-hetero) is 1. The second-order valence-electron chi connectivity index (χ2n) is 4.74. The first-order valence-electron chi connectivity index (χ1n) is 7.09. The van der Waals surface area contributed by atoms with Crippen LogP contribution in [-0.4, -0.2) is 11.5 Å². The maximum absolute atomic E-state index is 11.5. The number of rotatable bonds is 7. The van der Waals surface area contributed by atoms with E-state index >= 15 is 0 Å². The summed E-state index contributed by atoms with van der Waals surface area (Å²) < 4.78 is 0. The van der Waals surface area contributed by atoms with Crippen molar-refractivity contribution in [3.05, 3.63) is 65.7 Å². The fourth-order valence-electron chi connectivity index (χ4n) is 2.05. The van der Waals surface area contributed by atoms with Gasteiger partial charge in [-0.25, -0.2) is 0 Å². The van der Waals surface area contributed by atoms with E-state index in [0.29, 0.717) is 6.42 Å². The fraction of sp³-hybridized carbons (Fsp3) is 0.278. The number of benzene rings is 2. The molecule has 0 aliphatic heterocycles. The molecule has 0 aliphatic carbocycles. The molecule has 0 fully saturated rings. The first-order chi connectivity index (χ1) is 9.79. The van der Waals surface area contributed by atoms with Crippen LogP contribution < -0.4 is 0 Å². The molecule has 0 aliphatic rings. The van der Waals surface area contributed by atoms with Gasteiger partial charge in [0.15, 0.2) is 5.78 Å². The van der Waals surface area contributed by atoms with E-state index in [1.54, 1.807) is 0 Å². The van der Waals surface area contributed by atoms with E-state index in [2.05, 4.69) is 42.5 Å². The van der Waals surface area contributed by atoms with Gasteiger partial charge >= 0.3 is 0 Å². The molecule has 20 heavy (non-hydrogen) atoms. The summed E-state index contributed by atoms with van der Waals surface area (Å²) >= 11 is 1.86. The molecule has 0 radical (unpaired) electrons. The maximum atomic E-state index is 11.5. The van der Waals surface area contributed by atoms with Crippen LogP contribution in [0.3, 0.4) is 0 Å². The summed E-state index contributed by atoms with van der Waals surface area (Å²) in [5, 5.41) is 0. The van der Waals surface area contributed by atoms with Crippen molar-refractivity contribution in [2.45, 2.75) is 31.1 Å². The molecule has 2 aromatic rings. The first kappa shape index (κ1) is 14.9. The molecule has 0 amide bonds. The topological polar surface area (TPSA) is 17.1 Å². The molecule has 0 aromatic heterocycles. The lowest BCUT2D eigenvalue weighted by Gasteiger charge is -2.04. The molecular formula is C18H20OS. The maximum Gasteiger partial charge on any atom is 0.162 e. The highest BCUT2D eigenvalue weighted by Gasteiger charge is 2.02. The lowest BCUT2D eigenvalue weighted by atomic mass is 10.1. The van der Waals surface area contributed by atoms with E-state index < -0.39 is 0 Å². The van der Waals surface area contributed by atoms with Crippen molar-refractivity contribution in [2.24, 2.45) is 0 Å². The van der Waals surface area contributed by atoms with Gasteiger partial charge in [0.25, 0.3) is 0 Å². The number of carbonyl (C=O) groups excluding carboxylic acids is 1. The summed E-state index contributed by atoms with van der Waals surface area (Å²) in [6.45, 7) is 1.90. The van der Waals surface area contributed by atoms with Gasteiger partial charge in [-0.2, -0.15) is 0 Å². The number of aryl methyl sites for hydroxylation is 1. The van der Waals surface area contributed by atoms with Crippen LogP contribution in [-0.2, 0) is 6.42 Å². The van der Waals surface area contributed by atoms with Gasteiger partial charge in [-0.15, -0.1) is 11.8 Å². The van der Waals surface area contributed by atoms with Crippen LogP contribution in [0.2, 0.25) is 0 Å². The molecular weight excluding hydrogens is 264 g/mol. The predicted octanol–water partition coefficient (Wildman–Crippen LogP) is 5.00. The van der Waals surface area contributed by atoms with Gasteiger partial charge in [-0.1, -0.05) is 49.4 Å². The summed E-state index contributed by atoms with van der Waals surface area (Å²) in [4.78, 5) is 12.8.